The maximum atomic E-state index is 5.46. The van der Waals surface area contributed by atoms with Crippen LogP contribution in [0.1, 0.15) is 37.3 Å². The Morgan fingerprint density at radius 3 is 2.76 bits per heavy atom. The lowest BCUT2D eigenvalue weighted by Crippen LogP contribution is -2.15. The van der Waals surface area contributed by atoms with Gasteiger partial charge in [-0.1, -0.05) is 31.9 Å². The number of anilines is 1. The average Bonchev–Trinajstić information content (AvgIpc) is 2.31. The molecule has 2 nitrogen and oxygen atoms in total. The van der Waals surface area contributed by atoms with Gasteiger partial charge in [-0.25, -0.2) is 0 Å². The van der Waals surface area contributed by atoms with Crippen molar-refractivity contribution in [1.82, 2.24) is 0 Å². The minimum Gasteiger partial charge on any atom is -0.471 e. The molecule has 0 aliphatic carbocycles. The number of hydrogen-bond donors (Lipinski definition) is 1. The van der Waals surface area contributed by atoms with E-state index in [0.29, 0.717) is 11.8 Å². The number of hydrogen-bond acceptors (Lipinski definition) is 2. The molecule has 0 spiro atoms. The molecule has 0 radical (unpaired) electrons. The zero-order valence-electron chi connectivity index (χ0n) is 10.9. The third kappa shape index (κ3) is 4.73. The van der Waals surface area contributed by atoms with Gasteiger partial charge in [0.2, 0.25) is 0 Å². The summed E-state index contributed by atoms with van der Waals surface area (Å²) in [6.45, 7) is 7.04. The Kier molecular flexibility index (Phi) is 5.98. The Morgan fingerprint density at radius 1 is 1.29 bits per heavy atom. The zero-order chi connectivity index (χ0) is 12.7. The molecule has 3 heteroatoms. The lowest BCUT2D eigenvalue weighted by atomic mass is 10.1. The van der Waals surface area contributed by atoms with Crippen molar-refractivity contribution in [3.63, 3.8) is 0 Å². The average molecular weight is 251 g/mol. The Morgan fingerprint density at radius 2 is 2.06 bits per heavy atom. The highest BCUT2D eigenvalue weighted by molar-refractivity contribution is 7.80. The van der Waals surface area contributed by atoms with Crippen LogP contribution in [0.5, 0.6) is 0 Å². The Bertz CT molecular complexity index is 376. The first-order chi connectivity index (χ1) is 8.15. The summed E-state index contributed by atoms with van der Waals surface area (Å²) < 4.78 is 5.46. The molecule has 0 aromatic heterocycles. The quantitative estimate of drug-likeness (QED) is 0.626. The maximum Gasteiger partial charge on any atom is 0.261 e. The van der Waals surface area contributed by atoms with Crippen LogP contribution < -0.4 is 5.32 Å². The van der Waals surface area contributed by atoms with Crippen LogP contribution in [0.2, 0.25) is 0 Å². The van der Waals surface area contributed by atoms with Gasteiger partial charge >= 0.3 is 0 Å². The molecule has 0 amide bonds. The summed E-state index contributed by atoms with van der Waals surface area (Å²) in [6.07, 6.45) is 3.44. The van der Waals surface area contributed by atoms with Crippen LogP contribution in [0.15, 0.2) is 18.2 Å². The van der Waals surface area contributed by atoms with Gasteiger partial charge in [-0.05, 0) is 49.7 Å². The summed E-state index contributed by atoms with van der Waals surface area (Å²) in [6, 6.07) is 6.13. The second-order valence-corrected chi connectivity index (χ2v) is 4.59. The van der Waals surface area contributed by atoms with Crippen LogP contribution >= 0.6 is 12.2 Å². The van der Waals surface area contributed by atoms with Crippen molar-refractivity contribution in [2.24, 2.45) is 0 Å². The maximum absolute atomic E-state index is 5.46. The molecule has 94 valence electrons. The minimum atomic E-state index is 0.467. The van der Waals surface area contributed by atoms with Crippen molar-refractivity contribution >= 4 is 23.1 Å². The largest absolute Gasteiger partial charge is 0.471 e. The number of unbranched alkanes of at least 4 members (excludes halogenated alkanes) is 2. The number of thiocarbonyl (C=S) groups is 1. The Hall–Kier alpha value is -1.09. The van der Waals surface area contributed by atoms with E-state index in [0.717, 1.165) is 12.1 Å². The summed E-state index contributed by atoms with van der Waals surface area (Å²) in [5.41, 5.74) is 3.50. The molecule has 1 aromatic rings. The van der Waals surface area contributed by atoms with Crippen LogP contribution in [-0.2, 0) is 4.74 Å². The highest BCUT2D eigenvalue weighted by Gasteiger charge is 2.03. The van der Waals surface area contributed by atoms with Gasteiger partial charge in [0.05, 0.1) is 6.61 Å². The van der Waals surface area contributed by atoms with Crippen molar-refractivity contribution < 1.29 is 4.74 Å². The summed E-state index contributed by atoms with van der Waals surface area (Å²) in [7, 11) is 0. The van der Waals surface area contributed by atoms with E-state index < -0.39 is 0 Å². The SMILES string of the molecule is CCCCCOC(=S)Nc1cccc(C)c1C. The second-order valence-electron chi connectivity index (χ2n) is 4.22. The van der Waals surface area contributed by atoms with E-state index in [1.807, 2.05) is 12.1 Å². The molecule has 0 unspecified atom stereocenters. The van der Waals surface area contributed by atoms with Gasteiger partial charge in [-0.15, -0.1) is 0 Å². The predicted molar refractivity (Wildman–Crippen MR) is 77.6 cm³/mol. The third-order valence-electron chi connectivity index (χ3n) is 2.82. The van der Waals surface area contributed by atoms with Crippen molar-refractivity contribution in [3.8, 4) is 0 Å². The molecule has 1 rings (SSSR count). The third-order valence-corrected chi connectivity index (χ3v) is 3.04. The standard InChI is InChI=1S/C14H21NOS/c1-4-5-6-10-16-14(17)15-13-9-7-8-11(2)12(13)3/h7-9H,4-6,10H2,1-3H3,(H,15,17). The zero-order valence-corrected chi connectivity index (χ0v) is 11.7. The smallest absolute Gasteiger partial charge is 0.261 e. The molecule has 0 aliphatic heterocycles. The van der Waals surface area contributed by atoms with Crippen molar-refractivity contribution in [3.05, 3.63) is 29.3 Å². The fourth-order valence-corrected chi connectivity index (χ4v) is 1.74. The predicted octanol–water partition coefficient (Wildman–Crippen LogP) is 4.21. The molecule has 1 aromatic carbocycles. The highest BCUT2D eigenvalue weighted by Crippen LogP contribution is 2.18. The molecule has 1 N–H and O–H groups in total. The first-order valence-corrected chi connectivity index (χ1v) is 6.56. The van der Waals surface area contributed by atoms with Gasteiger partial charge in [0.1, 0.15) is 0 Å². The molecule has 0 fully saturated rings. The minimum absolute atomic E-state index is 0.467. The Labute approximate surface area is 109 Å². The number of benzene rings is 1. The van der Waals surface area contributed by atoms with Crippen LogP contribution in [-0.4, -0.2) is 11.8 Å². The monoisotopic (exact) mass is 251 g/mol. The first-order valence-electron chi connectivity index (χ1n) is 6.15. The second kappa shape index (κ2) is 7.28. The van der Waals surface area contributed by atoms with E-state index in [1.165, 1.54) is 24.0 Å². The van der Waals surface area contributed by atoms with Gasteiger partial charge in [0, 0.05) is 5.69 Å². The number of aryl methyl sites for hydroxylation is 1. The molecule has 0 aliphatic rings. The number of ether oxygens (including phenoxy) is 1. The van der Waals surface area contributed by atoms with Crippen LogP contribution in [0.3, 0.4) is 0 Å². The topological polar surface area (TPSA) is 21.3 Å². The van der Waals surface area contributed by atoms with Crippen LogP contribution in [0.25, 0.3) is 0 Å². The summed E-state index contributed by atoms with van der Waals surface area (Å²) >= 11 is 5.16. The molecule has 0 bridgehead atoms. The molecule has 0 saturated heterocycles. The lowest BCUT2D eigenvalue weighted by Gasteiger charge is -2.12. The molecule has 17 heavy (non-hydrogen) atoms. The van der Waals surface area contributed by atoms with E-state index in [2.05, 4.69) is 32.2 Å². The molecular formula is C14H21NOS. The van der Waals surface area contributed by atoms with E-state index in [4.69, 9.17) is 17.0 Å². The summed E-state index contributed by atoms with van der Waals surface area (Å²) in [5, 5.41) is 3.60. The lowest BCUT2D eigenvalue weighted by molar-refractivity contribution is 0.301. The van der Waals surface area contributed by atoms with Crippen molar-refractivity contribution in [1.29, 1.82) is 0 Å². The number of rotatable bonds is 5. The van der Waals surface area contributed by atoms with E-state index in [1.54, 1.807) is 0 Å². The highest BCUT2D eigenvalue weighted by atomic mass is 32.1. The molecule has 0 saturated carbocycles. The fraction of sp³-hybridized carbons (Fsp3) is 0.500. The van der Waals surface area contributed by atoms with Gasteiger partial charge in [-0.3, -0.25) is 0 Å². The van der Waals surface area contributed by atoms with E-state index in [-0.39, 0.29) is 0 Å². The molecule has 0 atom stereocenters. The fourth-order valence-electron chi connectivity index (χ4n) is 1.55. The van der Waals surface area contributed by atoms with Gasteiger partial charge < -0.3 is 10.1 Å². The van der Waals surface area contributed by atoms with E-state index in [9.17, 15) is 0 Å². The molecular weight excluding hydrogens is 230 g/mol. The normalized spacial score (nSPS) is 10.1. The van der Waals surface area contributed by atoms with Gasteiger partial charge in [0.15, 0.2) is 0 Å². The summed E-state index contributed by atoms with van der Waals surface area (Å²) in [4.78, 5) is 0. The van der Waals surface area contributed by atoms with Crippen molar-refractivity contribution in [2.45, 2.75) is 40.0 Å². The van der Waals surface area contributed by atoms with Crippen molar-refractivity contribution in [2.75, 3.05) is 11.9 Å². The van der Waals surface area contributed by atoms with Gasteiger partial charge in [0.25, 0.3) is 5.17 Å². The van der Waals surface area contributed by atoms with E-state index >= 15 is 0 Å². The van der Waals surface area contributed by atoms with Crippen LogP contribution in [0, 0.1) is 13.8 Å². The van der Waals surface area contributed by atoms with Crippen LogP contribution in [0.4, 0.5) is 5.69 Å². The Balaban J connectivity index is 2.43. The molecule has 0 heterocycles. The number of nitrogens with one attached hydrogen (secondary N) is 1. The first kappa shape index (κ1) is 14.0. The van der Waals surface area contributed by atoms with Gasteiger partial charge in [-0.2, -0.15) is 0 Å². The summed E-state index contributed by atoms with van der Waals surface area (Å²) in [5.74, 6) is 0.